The first-order valence-electron chi connectivity index (χ1n) is 5.44. The Kier molecular flexibility index (Phi) is 3.39. The molecule has 0 bridgehead atoms. The van der Waals surface area contributed by atoms with Crippen LogP contribution in [0.15, 0.2) is 24.3 Å². The van der Waals surface area contributed by atoms with Crippen LogP contribution < -0.4 is 0 Å². The number of hydrogen-bond donors (Lipinski definition) is 0. The molecule has 3 aromatic rings. The molecular weight excluding hydrogens is 323 g/mol. The van der Waals surface area contributed by atoms with Crippen LogP contribution in [0.3, 0.4) is 0 Å². The summed E-state index contributed by atoms with van der Waals surface area (Å²) in [4.78, 5) is 10.9. The van der Waals surface area contributed by atoms with Gasteiger partial charge in [-0.1, -0.05) is 34.8 Å². The maximum Gasteiger partial charge on any atom is 0.171 e. The number of halogens is 3. The molecule has 19 heavy (non-hydrogen) atoms. The lowest BCUT2D eigenvalue weighted by Gasteiger charge is -2.06. The molecule has 0 amide bonds. The molecule has 0 unspecified atom stereocenters. The highest BCUT2D eigenvalue weighted by Crippen LogP contribution is 2.35. The summed E-state index contributed by atoms with van der Waals surface area (Å²) in [5.41, 5.74) is 0.579. The molecule has 96 valence electrons. The Morgan fingerprint density at radius 1 is 0.947 bits per heavy atom. The summed E-state index contributed by atoms with van der Waals surface area (Å²) in [6.07, 6.45) is 0. The normalized spacial score (nSPS) is 11.2. The van der Waals surface area contributed by atoms with Gasteiger partial charge < -0.3 is 0 Å². The number of fused-ring (bicyclic) bond motifs is 1. The lowest BCUT2D eigenvalue weighted by Crippen LogP contribution is -1.91. The van der Waals surface area contributed by atoms with Gasteiger partial charge in [-0.15, -0.1) is 11.3 Å². The molecule has 0 saturated heterocycles. The summed E-state index contributed by atoms with van der Waals surface area (Å²) >= 11 is 20.1. The molecule has 0 fully saturated rings. The van der Waals surface area contributed by atoms with E-state index >= 15 is 0 Å². The zero-order chi connectivity index (χ0) is 13.6. The minimum Gasteiger partial charge on any atom is -0.225 e. The second kappa shape index (κ2) is 4.91. The Bertz CT molecular complexity index is 783. The predicted molar refractivity (Wildman–Crippen MR) is 82.6 cm³/mol. The number of rotatable bonds is 1. The molecule has 6 heteroatoms. The van der Waals surface area contributed by atoms with Crippen molar-refractivity contribution in [2.45, 2.75) is 6.92 Å². The summed E-state index contributed by atoms with van der Waals surface area (Å²) in [5.74, 6) is 0.569. The van der Waals surface area contributed by atoms with Gasteiger partial charge in [0.1, 0.15) is 5.15 Å². The first-order valence-corrected chi connectivity index (χ1v) is 7.39. The number of benzene rings is 1. The van der Waals surface area contributed by atoms with Crippen molar-refractivity contribution in [2.24, 2.45) is 0 Å². The Labute approximate surface area is 129 Å². The predicted octanol–water partition coefficient (Wildman–Crippen LogP) is 5.63. The largest absolute Gasteiger partial charge is 0.225 e. The van der Waals surface area contributed by atoms with Crippen molar-refractivity contribution < 1.29 is 0 Å². The fraction of sp³-hybridized carbons (Fsp3) is 0.0769. The van der Waals surface area contributed by atoms with E-state index in [1.165, 1.54) is 4.88 Å². The molecule has 0 radical (unpaired) electrons. The molecule has 0 N–H and O–H groups in total. The fourth-order valence-corrected chi connectivity index (χ4v) is 3.35. The zero-order valence-electron chi connectivity index (χ0n) is 9.75. The van der Waals surface area contributed by atoms with E-state index in [1.54, 1.807) is 23.5 Å². The van der Waals surface area contributed by atoms with E-state index in [-0.39, 0.29) is 0 Å². The molecule has 2 aromatic heterocycles. The van der Waals surface area contributed by atoms with Crippen molar-refractivity contribution >= 4 is 57.0 Å². The van der Waals surface area contributed by atoms with Crippen LogP contribution in [0.5, 0.6) is 0 Å². The van der Waals surface area contributed by atoms with Crippen molar-refractivity contribution in [3.05, 3.63) is 44.3 Å². The van der Waals surface area contributed by atoms with Gasteiger partial charge in [-0.2, -0.15) is 0 Å². The van der Waals surface area contributed by atoms with Crippen LogP contribution in [-0.2, 0) is 0 Å². The van der Waals surface area contributed by atoms with Gasteiger partial charge in [-0.3, -0.25) is 0 Å². The van der Waals surface area contributed by atoms with E-state index in [1.807, 2.05) is 19.1 Å². The average molecular weight is 330 g/mol. The van der Waals surface area contributed by atoms with Crippen LogP contribution in [0.25, 0.3) is 21.6 Å². The number of nitrogens with zero attached hydrogens (tertiary/aromatic N) is 2. The van der Waals surface area contributed by atoms with E-state index in [0.29, 0.717) is 31.9 Å². The third-order valence-electron chi connectivity index (χ3n) is 2.67. The zero-order valence-corrected chi connectivity index (χ0v) is 12.8. The monoisotopic (exact) mass is 328 g/mol. The van der Waals surface area contributed by atoms with Crippen molar-refractivity contribution in [3.8, 4) is 10.7 Å². The first kappa shape index (κ1) is 13.1. The lowest BCUT2D eigenvalue weighted by atomic mass is 10.2. The minimum absolute atomic E-state index is 0.318. The van der Waals surface area contributed by atoms with Gasteiger partial charge >= 0.3 is 0 Å². The van der Waals surface area contributed by atoms with E-state index in [2.05, 4.69) is 9.97 Å². The maximum absolute atomic E-state index is 6.21. The molecule has 0 saturated carbocycles. The van der Waals surface area contributed by atoms with Crippen LogP contribution in [-0.4, -0.2) is 9.97 Å². The smallest absolute Gasteiger partial charge is 0.171 e. The van der Waals surface area contributed by atoms with Gasteiger partial charge in [0, 0.05) is 4.88 Å². The molecular formula is C13H7Cl3N2S. The van der Waals surface area contributed by atoms with Gasteiger partial charge in [-0.05, 0) is 31.2 Å². The molecule has 0 aliphatic rings. The van der Waals surface area contributed by atoms with E-state index in [9.17, 15) is 0 Å². The molecule has 0 aliphatic heterocycles. The standard InChI is InChI=1S/C13H7Cl3N2S/c1-6-2-5-9(19-6)13-17-11-8(15)4-3-7(14)10(11)12(16)18-13/h2-5H,1H3. The Balaban J connectivity index is 2.33. The minimum atomic E-state index is 0.318. The molecule has 2 heterocycles. The summed E-state index contributed by atoms with van der Waals surface area (Å²) in [6, 6.07) is 7.38. The summed E-state index contributed by atoms with van der Waals surface area (Å²) in [6.45, 7) is 2.03. The van der Waals surface area contributed by atoms with E-state index in [0.717, 1.165) is 4.88 Å². The number of aromatic nitrogens is 2. The lowest BCUT2D eigenvalue weighted by molar-refractivity contribution is 1.24. The van der Waals surface area contributed by atoms with Gasteiger partial charge in [0.05, 0.1) is 25.8 Å². The van der Waals surface area contributed by atoms with Crippen molar-refractivity contribution in [1.82, 2.24) is 9.97 Å². The Hall–Kier alpha value is -0.870. The van der Waals surface area contributed by atoms with Crippen LogP contribution in [0.4, 0.5) is 0 Å². The van der Waals surface area contributed by atoms with E-state index < -0.39 is 0 Å². The SMILES string of the molecule is Cc1ccc(-c2nc(Cl)c3c(Cl)ccc(Cl)c3n2)s1. The molecule has 0 atom stereocenters. The van der Waals surface area contributed by atoms with Crippen LogP contribution >= 0.6 is 46.1 Å². The van der Waals surface area contributed by atoms with Gasteiger partial charge in [0.25, 0.3) is 0 Å². The highest BCUT2D eigenvalue weighted by Gasteiger charge is 2.14. The van der Waals surface area contributed by atoms with Gasteiger partial charge in [0.15, 0.2) is 5.82 Å². The summed E-state index contributed by atoms with van der Waals surface area (Å²) in [7, 11) is 0. The van der Waals surface area contributed by atoms with Crippen LogP contribution in [0, 0.1) is 6.92 Å². The highest BCUT2D eigenvalue weighted by molar-refractivity contribution is 7.15. The highest BCUT2D eigenvalue weighted by atomic mass is 35.5. The van der Waals surface area contributed by atoms with Gasteiger partial charge in [0.2, 0.25) is 0 Å². The van der Waals surface area contributed by atoms with Crippen LogP contribution in [0.2, 0.25) is 15.2 Å². The third kappa shape index (κ3) is 2.32. The first-order chi connectivity index (χ1) is 9.06. The average Bonchev–Trinajstić information content (AvgIpc) is 2.80. The second-order valence-corrected chi connectivity index (χ2v) is 6.46. The fourth-order valence-electron chi connectivity index (χ4n) is 1.79. The van der Waals surface area contributed by atoms with Gasteiger partial charge in [-0.25, -0.2) is 9.97 Å². The van der Waals surface area contributed by atoms with Crippen molar-refractivity contribution in [2.75, 3.05) is 0 Å². The Morgan fingerprint density at radius 3 is 2.37 bits per heavy atom. The quantitative estimate of drug-likeness (QED) is 0.541. The number of aryl methyl sites for hydroxylation is 1. The molecule has 3 rings (SSSR count). The Morgan fingerprint density at radius 2 is 1.68 bits per heavy atom. The topological polar surface area (TPSA) is 25.8 Å². The van der Waals surface area contributed by atoms with Crippen molar-refractivity contribution in [1.29, 1.82) is 0 Å². The molecule has 2 nitrogen and oxygen atoms in total. The summed E-state index contributed by atoms with van der Waals surface area (Å²) in [5, 5.41) is 1.92. The third-order valence-corrected chi connectivity index (χ3v) is 4.56. The summed E-state index contributed by atoms with van der Waals surface area (Å²) < 4.78 is 0. The molecule has 1 aromatic carbocycles. The second-order valence-electron chi connectivity index (χ2n) is 4.00. The molecule has 0 spiro atoms. The van der Waals surface area contributed by atoms with Crippen LogP contribution in [0.1, 0.15) is 4.88 Å². The van der Waals surface area contributed by atoms with Crippen molar-refractivity contribution in [3.63, 3.8) is 0 Å². The number of thiophene rings is 1. The maximum atomic E-state index is 6.21. The van der Waals surface area contributed by atoms with E-state index in [4.69, 9.17) is 34.8 Å². The molecule has 0 aliphatic carbocycles. The number of hydrogen-bond acceptors (Lipinski definition) is 3.